The average Bonchev–Trinajstić information content (AvgIpc) is 2.83. The summed E-state index contributed by atoms with van der Waals surface area (Å²) in [6.07, 6.45) is 1.40. The van der Waals surface area contributed by atoms with Crippen molar-refractivity contribution in [3.05, 3.63) is 78.1 Å². The van der Waals surface area contributed by atoms with Crippen molar-refractivity contribution < 1.29 is 23.8 Å². The molecule has 0 unspecified atom stereocenters. The maximum absolute atomic E-state index is 12.2. The minimum atomic E-state index is -0.963. The van der Waals surface area contributed by atoms with Crippen molar-refractivity contribution in [2.24, 2.45) is 5.10 Å². The fourth-order valence-electron chi connectivity index (χ4n) is 2.98. The van der Waals surface area contributed by atoms with Gasteiger partial charge in [-0.25, -0.2) is 5.43 Å². The van der Waals surface area contributed by atoms with Crippen LogP contribution in [0.3, 0.4) is 0 Å². The van der Waals surface area contributed by atoms with Crippen LogP contribution >= 0.6 is 59.4 Å². The molecule has 0 saturated carbocycles. The molecule has 0 aliphatic rings. The lowest BCUT2D eigenvalue weighted by Crippen LogP contribution is -2.32. The molecule has 3 rings (SSSR count). The molecule has 0 aliphatic heterocycles. The molecule has 0 fully saturated rings. The Balaban J connectivity index is 1.66. The molecule has 8 nitrogen and oxygen atoms in total. The van der Waals surface area contributed by atoms with Gasteiger partial charge in [0.2, 0.25) is 0 Å². The first-order valence-electron chi connectivity index (χ1n) is 10.1. The summed E-state index contributed by atoms with van der Waals surface area (Å²) in [6, 6.07) is 13.7. The summed E-state index contributed by atoms with van der Waals surface area (Å²) < 4.78 is 19.0. The van der Waals surface area contributed by atoms with Crippen molar-refractivity contribution in [2.75, 3.05) is 19.5 Å². The SMILES string of the molecule is COc1ccc(C=NNC(=O)C(=O)Nc2cc(Cl)ccc2OC)cc1COc1c(Br)cc(Br)cc1Br. The van der Waals surface area contributed by atoms with Crippen LogP contribution in [0.4, 0.5) is 5.69 Å². The molecule has 0 spiro atoms. The Hall–Kier alpha value is -2.60. The monoisotopic (exact) mass is 701 g/mol. The standard InChI is InChI=1S/C24H19Br3ClN3O5/c1-34-20-5-3-13(7-14(20)12-36-22-17(26)8-15(25)9-18(22)27)11-29-31-24(33)23(32)30-19-10-16(28)4-6-21(19)35-2/h3-11H,12H2,1-2H3,(H,30,32)(H,31,33). The largest absolute Gasteiger partial charge is 0.496 e. The van der Waals surface area contributed by atoms with Gasteiger partial charge >= 0.3 is 11.8 Å². The summed E-state index contributed by atoms with van der Waals surface area (Å²) in [6.45, 7) is 0.208. The molecule has 3 aromatic carbocycles. The number of hydrogen-bond donors (Lipinski definition) is 2. The van der Waals surface area contributed by atoms with Crippen LogP contribution < -0.4 is 25.0 Å². The van der Waals surface area contributed by atoms with E-state index in [-0.39, 0.29) is 12.3 Å². The summed E-state index contributed by atoms with van der Waals surface area (Å²) in [5, 5.41) is 6.69. The summed E-state index contributed by atoms with van der Waals surface area (Å²) in [7, 11) is 3.00. The zero-order chi connectivity index (χ0) is 26.2. The van der Waals surface area contributed by atoms with Crippen LogP contribution in [-0.2, 0) is 16.2 Å². The Morgan fingerprint density at radius 3 is 2.28 bits per heavy atom. The normalized spacial score (nSPS) is 10.7. The minimum Gasteiger partial charge on any atom is -0.496 e. The van der Waals surface area contributed by atoms with Crippen molar-refractivity contribution in [1.82, 2.24) is 5.43 Å². The molecule has 2 N–H and O–H groups in total. The summed E-state index contributed by atoms with van der Waals surface area (Å²) in [5.41, 5.74) is 3.86. The van der Waals surface area contributed by atoms with E-state index in [2.05, 4.69) is 63.6 Å². The maximum Gasteiger partial charge on any atom is 0.329 e. The number of nitrogens with one attached hydrogen (secondary N) is 2. The van der Waals surface area contributed by atoms with Gasteiger partial charge in [0.15, 0.2) is 0 Å². The molecular weight excluding hydrogens is 685 g/mol. The smallest absolute Gasteiger partial charge is 0.329 e. The Bertz CT molecular complexity index is 1300. The molecule has 0 heterocycles. The number of ether oxygens (including phenoxy) is 3. The summed E-state index contributed by atoms with van der Waals surface area (Å²) in [4.78, 5) is 24.4. The number of carbonyl (C=O) groups excluding carboxylic acids is 2. The Labute approximate surface area is 237 Å². The lowest BCUT2D eigenvalue weighted by molar-refractivity contribution is -0.136. The van der Waals surface area contributed by atoms with Gasteiger partial charge in [-0.3, -0.25) is 9.59 Å². The first kappa shape index (κ1) is 28.0. The van der Waals surface area contributed by atoms with Crippen molar-refractivity contribution >= 4 is 83.1 Å². The highest BCUT2D eigenvalue weighted by atomic mass is 79.9. The van der Waals surface area contributed by atoms with E-state index in [0.29, 0.717) is 27.8 Å². The molecule has 188 valence electrons. The topological polar surface area (TPSA) is 98.2 Å². The van der Waals surface area contributed by atoms with Gasteiger partial charge in [-0.05, 0) is 86.0 Å². The molecule has 0 atom stereocenters. The lowest BCUT2D eigenvalue weighted by Gasteiger charge is -2.13. The number of halogens is 4. The maximum atomic E-state index is 12.2. The van der Waals surface area contributed by atoms with Crippen LogP contribution in [-0.4, -0.2) is 32.2 Å². The van der Waals surface area contributed by atoms with E-state index in [1.54, 1.807) is 37.4 Å². The molecule has 0 saturated heterocycles. The van der Waals surface area contributed by atoms with Crippen molar-refractivity contribution in [2.45, 2.75) is 6.61 Å². The predicted octanol–water partition coefficient (Wildman–Crippen LogP) is 6.31. The van der Waals surface area contributed by atoms with E-state index >= 15 is 0 Å². The van der Waals surface area contributed by atoms with Gasteiger partial charge in [0.05, 0.1) is 35.1 Å². The quantitative estimate of drug-likeness (QED) is 0.163. The van der Waals surface area contributed by atoms with Gasteiger partial charge in [-0.15, -0.1) is 0 Å². The highest BCUT2D eigenvalue weighted by Gasteiger charge is 2.16. The van der Waals surface area contributed by atoms with E-state index in [0.717, 1.165) is 19.0 Å². The van der Waals surface area contributed by atoms with Gasteiger partial charge < -0.3 is 19.5 Å². The van der Waals surface area contributed by atoms with Crippen LogP contribution in [0.15, 0.2) is 67.1 Å². The molecule has 12 heteroatoms. The van der Waals surface area contributed by atoms with Crippen LogP contribution in [0.25, 0.3) is 0 Å². The van der Waals surface area contributed by atoms with Crippen LogP contribution in [0, 0.1) is 0 Å². The molecule has 0 radical (unpaired) electrons. The highest BCUT2D eigenvalue weighted by Crippen LogP contribution is 2.37. The first-order chi connectivity index (χ1) is 17.2. The van der Waals surface area contributed by atoms with Gasteiger partial charge in [0, 0.05) is 15.1 Å². The fourth-order valence-corrected chi connectivity index (χ4v) is 5.64. The number of carbonyl (C=O) groups is 2. The van der Waals surface area contributed by atoms with E-state index in [1.807, 2.05) is 12.1 Å². The van der Waals surface area contributed by atoms with Gasteiger partial charge in [-0.1, -0.05) is 27.5 Å². The Kier molecular flexibility index (Phi) is 10.2. The van der Waals surface area contributed by atoms with E-state index in [4.69, 9.17) is 25.8 Å². The van der Waals surface area contributed by atoms with Crippen molar-refractivity contribution in [3.63, 3.8) is 0 Å². The molecule has 36 heavy (non-hydrogen) atoms. The third kappa shape index (κ3) is 7.45. The Morgan fingerprint density at radius 2 is 1.61 bits per heavy atom. The third-order valence-electron chi connectivity index (χ3n) is 4.64. The lowest BCUT2D eigenvalue weighted by atomic mass is 10.1. The van der Waals surface area contributed by atoms with Crippen LogP contribution in [0.5, 0.6) is 17.2 Å². The number of hydrazone groups is 1. The van der Waals surface area contributed by atoms with E-state index in [1.165, 1.54) is 19.4 Å². The molecule has 2 amide bonds. The van der Waals surface area contributed by atoms with E-state index < -0.39 is 11.8 Å². The second-order valence-electron chi connectivity index (χ2n) is 7.06. The zero-order valence-electron chi connectivity index (χ0n) is 18.9. The van der Waals surface area contributed by atoms with Gasteiger partial charge in [-0.2, -0.15) is 5.10 Å². The second-order valence-corrected chi connectivity index (χ2v) is 10.1. The van der Waals surface area contributed by atoms with Gasteiger partial charge in [0.1, 0.15) is 23.9 Å². The van der Waals surface area contributed by atoms with E-state index in [9.17, 15) is 9.59 Å². The molecule has 0 bridgehead atoms. The fraction of sp³-hybridized carbons (Fsp3) is 0.125. The number of methoxy groups -OCH3 is 2. The summed E-state index contributed by atoms with van der Waals surface area (Å²) >= 11 is 16.4. The second kappa shape index (κ2) is 13.1. The number of benzene rings is 3. The molecule has 0 aromatic heterocycles. The summed E-state index contributed by atoms with van der Waals surface area (Å²) in [5.74, 6) is -0.277. The Morgan fingerprint density at radius 1 is 0.944 bits per heavy atom. The first-order valence-corrected chi connectivity index (χ1v) is 12.9. The average molecular weight is 705 g/mol. The molecular formula is C24H19Br3ClN3O5. The minimum absolute atomic E-state index is 0.208. The van der Waals surface area contributed by atoms with Gasteiger partial charge in [0.25, 0.3) is 0 Å². The predicted molar refractivity (Wildman–Crippen MR) is 149 cm³/mol. The zero-order valence-corrected chi connectivity index (χ0v) is 24.4. The molecule has 0 aliphatic carbocycles. The van der Waals surface area contributed by atoms with Crippen LogP contribution in [0.1, 0.15) is 11.1 Å². The number of rotatable bonds is 8. The van der Waals surface area contributed by atoms with Crippen molar-refractivity contribution in [3.8, 4) is 17.2 Å². The number of nitrogens with zero attached hydrogens (tertiary/aromatic N) is 1. The third-order valence-corrected chi connectivity index (χ3v) is 6.51. The number of amides is 2. The van der Waals surface area contributed by atoms with Crippen LogP contribution in [0.2, 0.25) is 5.02 Å². The number of anilines is 1. The number of hydrogen-bond acceptors (Lipinski definition) is 6. The highest BCUT2D eigenvalue weighted by molar-refractivity contribution is 9.11. The molecule has 3 aromatic rings. The van der Waals surface area contributed by atoms with Crippen molar-refractivity contribution in [1.29, 1.82) is 0 Å².